The van der Waals surface area contributed by atoms with Crippen molar-refractivity contribution in [3.63, 3.8) is 0 Å². The number of nitrogens with zero attached hydrogens (tertiary/aromatic N) is 2. The Bertz CT molecular complexity index is 442. The Morgan fingerprint density at radius 1 is 1.16 bits per heavy atom. The highest BCUT2D eigenvalue weighted by Crippen LogP contribution is 2.32. The summed E-state index contributed by atoms with van der Waals surface area (Å²) < 4.78 is 0. The minimum atomic E-state index is 0.515. The summed E-state index contributed by atoms with van der Waals surface area (Å²) in [6.07, 6.45) is 5.20. The predicted octanol–water partition coefficient (Wildman–Crippen LogP) is 3.30. The number of aromatic nitrogens is 2. The Kier molecular flexibility index (Phi) is 4.27. The average molecular weight is 262 g/mol. The minimum absolute atomic E-state index is 0.515. The van der Waals surface area contributed by atoms with Crippen molar-refractivity contribution in [2.75, 3.05) is 11.1 Å². The van der Waals surface area contributed by atoms with Crippen LogP contribution >= 0.6 is 0 Å². The second kappa shape index (κ2) is 5.76. The maximum Gasteiger partial charge on any atom is 0.134 e. The largest absolute Gasteiger partial charge is 0.383 e. The van der Waals surface area contributed by atoms with Gasteiger partial charge in [0, 0.05) is 11.6 Å². The van der Waals surface area contributed by atoms with Gasteiger partial charge in [-0.1, -0.05) is 26.7 Å². The van der Waals surface area contributed by atoms with Crippen LogP contribution in [0.15, 0.2) is 0 Å². The molecule has 1 aliphatic carbocycles. The molecule has 0 bridgehead atoms. The first-order valence-electron chi connectivity index (χ1n) is 7.36. The van der Waals surface area contributed by atoms with Crippen molar-refractivity contribution in [1.82, 2.24) is 9.97 Å². The van der Waals surface area contributed by atoms with E-state index in [0.717, 1.165) is 23.1 Å². The van der Waals surface area contributed by atoms with E-state index in [4.69, 9.17) is 5.73 Å². The molecule has 2 unspecified atom stereocenters. The van der Waals surface area contributed by atoms with E-state index in [0.29, 0.717) is 17.8 Å². The fourth-order valence-corrected chi connectivity index (χ4v) is 3.10. The standard InChI is InChI=1S/C15H26N4/c1-9(2)12-7-5-6-8-13(12)19-15-10(3)14(16)17-11(4)18-15/h9,12-13H,5-8H2,1-4H3,(H3,16,17,18,19). The summed E-state index contributed by atoms with van der Waals surface area (Å²) in [5.74, 6) is 3.68. The maximum absolute atomic E-state index is 5.93. The van der Waals surface area contributed by atoms with Crippen LogP contribution in [0.4, 0.5) is 11.6 Å². The zero-order valence-corrected chi connectivity index (χ0v) is 12.5. The first-order valence-corrected chi connectivity index (χ1v) is 7.36. The third kappa shape index (κ3) is 3.17. The summed E-state index contributed by atoms with van der Waals surface area (Å²) in [6, 6.07) is 0.515. The molecule has 3 N–H and O–H groups in total. The number of nitrogen functional groups attached to an aromatic ring is 1. The summed E-state index contributed by atoms with van der Waals surface area (Å²) in [5.41, 5.74) is 6.90. The molecule has 106 valence electrons. The van der Waals surface area contributed by atoms with Gasteiger partial charge in [-0.2, -0.15) is 0 Å². The van der Waals surface area contributed by atoms with Crippen molar-refractivity contribution in [3.05, 3.63) is 11.4 Å². The van der Waals surface area contributed by atoms with Gasteiger partial charge in [0.2, 0.25) is 0 Å². The maximum atomic E-state index is 5.93. The summed E-state index contributed by atoms with van der Waals surface area (Å²) >= 11 is 0. The zero-order valence-electron chi connectivity index (χ0n) is 12.5. The molecule has 0 aromatic carbocycles. The van der Waals surface area contributed by atoms with Crippen LogP contribution in [0.5, 0.6) is 0 Å². The van der Waals surface area contributed by atoms with E-state index in [-0.39, 0.29) is 0 Å². The van der Waals surface area contributed by atoms with Crippen LogP contribution in [-0.4, -0.2) is 16.0 Å². The average Bonchev–Trinajstić information content (AvgIpc) is 2.35. The molecule has 19 heavy (non-hydrogen) atoms. The van der Waals surface area contributed by atoms with E-state index in [9.17, 15) is 0 Å². The molecule has 1 heterocycles. The van der Waals surface area contributed by atoms with Gasteiger partial charge in [0.15, 0.2) is 0 Å². The molecule has 0 aliphatic heterocycles. The molecule has 1 fully saturated rings. The van der Waals surface area contributed by atoms with E-state index >= 15 is 0 Å². The molecule has 1 saturated carbocycles. The monoisotopic (exact) mass is 262 g/mol. The van der Waals surface area contributed by atoms with Crippen molar-refractivity contribution in [2.45, 2.75) is 59.4 Å². The molecule has 1 aliphatic rings. The number of aryl methyl sites for hydroxylation is 1. The quantitative estimate of drug-likeness (QED) is 0.877. The number of nitrogens with one attached hydrogen (secondary N) is 1. The summed E-state index contributed by atoms with van der Waals surface area (Å²) in [5, 5.41) is 3.63. The van der Waals surface area contributed by atoms with E-state index in [2.05, 4.69) is 29.1 Å². The lowest BCUT2D eigenvalue weighted by molar-refractivity contribution is 0.253. The van der Waals surface area contributed by atoms with E-state index in [1.807, 2.05) is 13.8 Å². The molecular formula is C15H26N4. The van der Waals surface area contributed by atoms with Gasteiger partial charge in [0.25, 0.3) is 0 Å². The Balaban J connectivity index is 2.19. The first-order chi connectivity index (χ1) is 8.99. The Morgan fingerprint density at radius 2 is 1.84 bits per heavy atom. The molecule has 4 heteroatoms. The second-order valence-corrected chi connectivity index (χ2v) is 6.07. The summed E-state index contributed by atoms with van der Waals surface area (Å²) in [4.78, 5) is 8.73. The van der Waals surface area contributed by atoms with Gasteiger partial charge < -0.3 is 11.1 Å². The van der Waals surface area contributed by atoms with Gasteiger partial charge >= 0.3 is 0 Å². The number of hydrogen-bond acceptors (Lipinski definition) is 4. The molecule has 1 aromatic heterocycles. The highest BCUT2D eigenvalue weighted by Gasteiger charge is 2.28. The van der Waals surface area contributed by atoms with Crippen LogP contribution in [0.25, 0.3) is 0 Å². The van der Waals surface area contributed by atoms with Crippen LogP contribution in [0.3, 0.4) is 0 Å². The highest BCUT2D eigenvalue weighted by molar-refractivity contribution is 5.55. The predicted molar refractivity (Wildman–Crippen MR) is 80.1 cm³/mol. The Morgan fingerprint density at radius 3 is 2.53 bits per heavy atom. The van der Waals surface area contributed by atoms with Crippen molar-refractivity contribution in [1.29, 1.82) is 0 Å². The molecular weight excluding hydrogens is 236 g/mol. The fraction of sp³-hybridized carbons (Fsp3) is 0.733. The van der Waals surface area contributed by atoms with E-state index < -0.39 is 0 Å². The van der Waals surface area contributed by atoms with Crippen LogP contribution < -0.4 is 11.1 Å². The molecule has 2 atom stereocenters. The third-order valence-corrected chi connectivity index (χ3v) is 4.29. The summed E-state index contributed by atoms with van der Waals surface area (Å²) in [6.45, 7) is 8.51. The first kappa shape index (κ1) is 14.1. The van der Waals surface area contributed by atoms with Gasteiger partial charge in [0.05, 0.1) is 0 Å². The third-order valence-electron chi connectivity index (χ3n) is 4.29. The number of anilines is 2. The SMILES string of the molecule is Cc1nc(N)c(C)c(NC2CCCCC2C(C)C)n1. The van der Waals surface area contributed by atoms with E-state index in [1.165, 1.54) is 25.7 Å². The fourth-order valence-electron chi connectivity index (χ4n) is 3.10. The van der Waals surface area contributed by atoms with Crippen LogP contribution in [0, 0.1) is 25.7 Å². The van der Waals surface area contributed by atoms with Crippen LogP contribution in [0.2, 0.25) is 0 Å². The second-order valence-electron chi connectivity index (χ2n) is 6.07. The molecule has 0 radical (unpaired) electrons. The molecule has 0 spiro atoms. The summed E-state index contributed by atoms with van der Waals surface area (Å²) in [7, 11) is 0. The number of nitrogens with two attached hydrogens (primary N) is 1. The smallest absolute Gasteiger partial charge is 0.134 e. The van der Waals surface area contributed by atoms with Crippen LogP contribution in [-0.2, 0) is 0 Å². The van der Waals surface area contributed by atoms with Gasteiger partial charge in [-0.3, -0.25) is 0 Å². The van der Waals surface area contributed by atoms with Crippen molar-refractivity contribution < 1.29 is 0 Å². The van der Waals surface area contributed by atoms with Gasteiger partial charge in [-0.25, -0.2) is 9.97 Å². The lowest BCUT2D eigenvalue weighted by atomic mass is 9.78. The number of hydrogen-bond donors (Lipinski definition) is 2. The van der Waals surface area contributed by atoms with Crippen molar-refractivity contribution >= 4 is 11.6 Å². The van der Waals surface area contributed by atoms with Crippen molar-refractivity contribution in [3.8, 4) is 0 Å². The molecule has 4 nitrogen and oxygen atoms in total. The molecule has 2 rings (SSSR count). The molecule has 0 saturated heterocycles. The normalized spacial score (nSPS) is 23.6. The van der Waals surface area contributed by atoms with Gasteiger partial charge in [-0.05, 0) is 38.5 Å². The Hall–Kier alpha value is -1.32. The van der Waals surface area contributed by atoms with Crippen LogP contribution in [0.1, 0.15) is 50.9 Å². The topological polar surface area (TPSA) is 63.8 Å². The lowest BCUT2D eigenvalue weighted by Gasteiger charge is -2.35. The minimum Gasteiger partial charge on any atom is -0.383 e. The van der Waals surface area contributed by atoms with Gasteiger partial charge in [-0.15, -0.1) is 0 Å². The molecule has 1 aromatic rings. The zero-order chi connectivity index (χ0) is 14.0. The Labute approximate surface area is 116 Å². The van der Waals surface area contributed by atoms with Gasteiger partial charge in [0.1, 0.15) is 17.5 Å². The highest BCUT2D eigenvalue weighted by atomic mass is 15.1. The molecule has 0 amide bonds. The van der Waals surface area contributed by atoms with Crippen molar-refractivity contribution in [2.24, 2.45) is 11.8 Å². The van der Waals surface area contributed by atoms with E-state index in [1.54, 1.807) is 0 Å². The lowest BCUT2D eigenvalue weighted by Crippen LogP contribution is -2.35. The number of rotatable bonds is 3.